The molecule has 0 spiro atoms. The van der Waals surface area contributed by atoms with Gasteiger partial charge in [0.2, 0.25) is 0 Å². The highest BCUT2D eigenvalue weighted by molar-refractivity contribution is 9.10. The lowest BCUT2D eigenvalue weighted by molar-refractivity contribution is 0.254. The summed E-state index contributed by atoms with van der Waals surface area (Å²) >= 11 is 3.59. The molecule has 0 atom stereocenters. The minimum Gasteiger partial charge on any atom is -0.398 e. The molecule has 1 aliphatic carbocycles. The van der Waals surface area contributed by atoms with Crippen LogP contribution >= 0.6 is 15.9 Å². The number of anilines is 1. The normalized spacial score (nSPS) is 15.5. The highest BCUT2D eigenvalue weighted by atomic mass is 79.9. The predicted octanol–water partition coefficient (Wildman–Crippen LogP) is 3.65. The topological polar surface area (TPSA) is 29.3 Å². The van der Waals surface area contributed by atoms with Crippen LogP contribution in [0.3, 0.4) is 0 Å². The summed E-state index contributed by atoms with van der Waals surface area (Å²) in [5.74, 6) is 0.946. The Morgan fingerprint density at radius 2 is 2.18 bits per heavy atom. The first-order chi connectivity index (χ1) is 8.20. The molecule has 94 valence electrons. The van der Waals surface area contributed by atoms with E-state index in [0.717, 1.165) is 22.6 Å². The van der Waals surface area contributed by atoms with Crippen molar-refractivity contribution in [3.05, 3.63) is 28.2 Å². The first-order valence-electron chi connectivity index (χ1n) is 6.46. The van der Waals surface area contributed by atoms with Crippen molar-refractivity contribution in [1.82, 2.24) is 4.90 Å². The Balaban J connectivity index is 2.02. The van der Waals surface area contributed by atoms with Gasteiger partial charge in [-0.25, -0.2) is 0 Å². The average molecular weight is 297 g/mol. The van der Waals surface area contributed by atoms with Gasteiger partial charge in [-0.1, -0.05) is 19.1 Å². The van der Waals surface area contributed by atoms with Gasteiger partial charge < -0.3 is 5.73 Å². The Bertz CT molecular complexity index is 374. The molecule has 3 heteroatoms. The zero-order valence-corrected chi connectivity index (χ0v) is 12.0. The molecule has 0 saturated heterocycles. The van der Waals surface area contributed by atoms with E-state index < -0.39 is 0 Å². The predicted molar refractivity (Wildman–Crippen MR) is 76.8 cm³/mol. The SMILES string of the molecule is CCCN(Cc1cccc(N)c1Br)CC1CC1. The van der Waals surface area contributed by atoms with Crippen molar-refractivity contribution < 1.29 is 0 Å². The van der Waals surface area contributed by atoms with Gasteiger partial charge in [0.25, 0.3) is 0 Å². The first kappa shape index (κ1) is 12.9. The second kappa shape index (κ2) is 5.87. The van der Waals surface area contributed by atoms with E-state index in [-0.39, 0.29) is 0 Å². The molecule has 1 aromatic carbocycles. The van der Waals surface area contributed by atoms with Crippen LogP contribution in [0, 0.1) is 5.92 Å². The lowest BCUT2D eigenvalue weighted by Crippen LogP contribution is -2.26. The van der Waals surface area contributed by atoms with Crippen LogP contribution in [-0.2, 0) is 6.54 Å². The summed E-state index contributed by atoms with van der Waals surface area (Å²) in [5, 5.41) is 0. The number of nitrogens with two attached hydrogens (primary N) is 1. The summed E-state index contributed by atoms with van der Waals surface area (Å²) in [6.07, 6.45) is 4.04. The summed E-state index contributed by atoms with van der Waals surface area (Å²) in [4.78, 5) is 2.55. The molecule has 17 heavy (non-hydrogen) atoms. The number of benzene rings is 1. The maximum Gasteiger partial charge on any atom is 0.0461 e. The fourth-order valence-corrected chi connectivity index (χ4v) is 2.57. The van der Waals surface area contributed by atoms with Crippen molar-refractivity contribution in [2.24, 2.45) is 5.92 Å². The van der Waals surface area contributed by atoms with E-state index >= 15 is 0 Å². The van der Waals surface area contributed by atoms with Crippen LogP contribution in [0.5, 0.6) is 0 Å². The average Bonchev–Trinajstić information content (AvgIpc) is 3.09. The fraction of sp³-hybridized carbons (Fsp3) is 0.571. The zero-order chi connectivity index (χ0) is 12.3. The van der Waals surface area contributed by atoms with Gasteiger partial charge in [0, 0.05) is 23.2 Å². The van der Waals surface area contributed by atoms with Gasteiger partial charge in [-0.05, 0) is 59.3 Å². The van der Waals surface area contributed by atoms with Gasteiger partial charge in [-0.2, -0.15) is 0 Å². The van der Waals surface area contributed by atoms with Crippen LogP contribution in [0.25, 0.3) is 0 Å². The Hall–Kier alpha value is -0.540. The lowest BCUT2D eigenvalue weighted by atomic mass is 10.2. The van der Waals surface area contributed by atoms with Crippen molar-refractivity contribution >= 4 is 21.6 Å². The van der Waals surface area contributed by atoms with Crippen molar-refractivity contribution in [3.63, 3.8) is 0 Å². The van der Waals surface area contributed by atoms with Gasteiger partial charge in [-0.3, -0.25) is 4.90 Å². The molecule has 2 nitrogen and oxygen atoms in total. The molecule has 0 aliphatic heterocycles. The first-order valence-corrected chi connectivity index (χ1v) is 7.25. The second-order valence-electron chi connectivity index (χ2n) is 5.00. The van der Waals surface area contributed by atoms with Gasteiger partial charge in [0.05, 0.1) is 0 Å². The van der Waals surface area contributed by atoms with E-state index in [2.05, 4.69) is 33.8 Å². The molecule has 1 saturated carbocycles. The summed E-state index contributed by atoms with van der Waals surface area (Å²) in [7, 11) is 0. The standard InChI is InChI=1S/C14H21BrN2/c1-2-8-17(9-11-6-7-11)10-12-4-3-5-13(16)14(12)15/h3-5,11H,2,6-10,16H2,1H3. The fourth-order valence-electron chi connectivity index (χ4n) is 2.18. The minimum atomic E-state index is 0.838. The largest absolute Gasteiger partial charge is 0.398 e. The summed E-state index contributed by atoms with van der Waals surface area (Å²) in [5.41, 5.74) is 8.06. The van der Waals surface area contributed by atoms with Crippen LogP contribution in [0.4, 0.5) is 5.69 Å². The molecule has 2 rings (SSSR count). The number of hydrogen-bond donors (Lipinski definition) is 1. The Morgan fingerprint density at radius 1 is 1.41 bits per heavy atom. The molecule has 0 aromatic heterocycles. The number of hydrogen-bond acceptors (Lipinski definition) is 2. The van der Waals surface area contributed by atoms with Crippen LogP contribution < -0.4 is 5.73 Å². The third kappa shape index (κ3) is 3.71. The monoisotopic (exact) mass is 296 g/mol. The Morgan fingerprint density at radius 3 is 2.82 bits per heavy atom. The quantitative estimate of drug-likeness (QED) is 0.812. The molecule has 0 radical (unpaired) electrons. The summed E-state index contributed by atoms with van der Waals surface area (Å²) < 4.78 is 1.07. The maximum absolute atomic E-state index is 5.92. The van der Waals surface area contributed by atoms with E-state index in [0.29, 0.717) is 0 Å². The zero-order valence-electron chi connectivity index (χ0n) is 10.5. The maximum atomic E-state index is 5.92. The van der Waals surface area contributed by atoms with Crippen LogP contribution in [0.2, 0.25) is 0 Å². The van der Waals surface area contributed by atoms with Crippen LogP contribution in [0.1, 0.15) is 31.7 Å². The Labute approximate surface area is 112 Å². The molecule has 1 fully saturated rings. The highest BCUT2D eigenvalue weighted by Crippen LogP contribution is 2.31. The smallest absolute Gasteiger partial charge is 0.0461 e. The third-order valence-electron chi connectivity index (χ3n) is 3.26. The molecule has 0 unspecified atom stereocenters. The van der Waals surface area contributed by atoms with Gasteiger partial charge in [-0.15, -0.1) is 0 Å². The van der Waals surface area contributed by atoms with Gasteiger partial charge in [0.1, 0.15) is 0 Å². The van der Waals surface area contributed by atoms with E-state index in [9.17, 15) is 0 Å². The molecule has 0 bridgehead atoms. The summed E-state index contributed by atoms with van der Waals surface area (Å²) in [6.45, 7) is 5.68. The van der Waals surface area contributed by atoms with Crippen LogP contribution in [-0.4, -0.2) is 18.0 Å². The molecule has 2 N–H and O–H groups in total. The minimum absolute atomic E-state index is 0.838. The molecule has 0 heterocycles. The second-order valence-corrected chi connectivity index (χ2v) is 5.79. The molecular formula is C14H21BrN2. The van der Waals surface area contributed by atoms with Crippen molar-refractivity contribution in [2.75, 3.05) is 18.8 Å². The van der Waals surface area contributed by atoms with E-state index in [1.165, 1.54) is 37.9 Å². The van der Waals surface area contributed by atoms with Gasteiger partial charge >= 0.3 is 0 Å². The van der Waals surface area contributed by atoms with Crippen molar-refractivity contribution in [1.29, 1.82) is 0 Å². The third-order valence-corrected chi connectivity index (χ3v) is 4.22. The molecule has 1 aromatic rings. The van der Waals surface area contributed by atoms with Crippen molar-refractivity contribution in [3.8, 4) is 0 Å². The molecule has 0 amide bonds. The van der Waals surface area contributed by atoms with Crippen molar-refractivity contribution in [2.45, 2.75) is 32.7 Å². The van der Waals surface area contributed by atoms with E-state index in [1.54, 1.807) is 0 Å². The summed E-state index contributed by atoms with van der Waals surface area (Å²) in [6, 6.07) is 6.14. The van der Waals surface area contributed by atoms with E-state index in [1.807, 2.05) is 12.1 Å². The number of rotatable bonds is 6. The Kier molecular flexibility index (Phi) is 4.46. The number of nitrogens with zero attached hydrogens (tertiary/aromatic N) is 1. The van der Waals surface area contributed by atoms with Gasteiger partial charge in [0.15, 0.2) is 0 Å². The van der Waals surface area contributed by atoms with Crippen LogP contribution in [0.15, 0.2) is 22.7 Å². The number of nitrogen functional groups attached to an aromatic ring is 1. The molecule has 1 aliphatic rings. The van der Waals surface area contributed by atoms with E-state index in [4.69, 9.17) is 5.73 Å². The highest BCUT2D eigenvalue weighted by Gasteiger charge is 2.24. The lowest BCUT2D eigenvalue weighted by Gasteiger charge is -2.22. The number of halogens is 1. The molecular weight excluding hydrogens is 276 g/mol.